The summed E-state index contributed by atoms with van der Waals surface area (Å²) in [6.07, 6.45) is -0.126. The zero-order valence-corrected chi connectivity index (χ0v) is 14.9. The van der Waals surface area contributed by atoms with E-state index in [1.807, 2.05) is 0 Å². The number of primary amides is 1. The molecule has 0 aliphatic carbocycles. The minimum atomic E-state index is -0.895. The molecule has 0 aliphatic heterocycles. The molecule has 1 aromatic rings. The number of pyridine rings is 1. The number of nitriles is 1. The molecule has 1 amide bonds. The third-order valence-electron chi connectivity index (χ3n) is 3.42. The highest BCUT2D eigenvalue weighted by Crippen LogP contribution is 2.25. The number of amides is 1. The van der Waals surface area contributed by atoms with Crippen molar-refractivity contribution in [3.05, 3.63) is 22.6 Å². The van der Waals surface area contributed by atoms with Gasteiger partial charge in [-0.1, -0.05) is 32.4 Å². The van der Waals surface area contributed by atoms with Crippen LogP contribution in [0.3, 0.4) is 0 Å². The first-order chi connectivity index (χ1) is 11.0. The second-order valence-corrected chi connectivity index (χ2v) is 7.13. The Labute approximate surface area is 146 Å². The first-order valence-corrected chi connectivity index (χ1v) is 7.90. The van der Waals surface area contributed by atoms with Crippen molar-refractivity contribution in [2.45, 2.75) is 52.7 Å². The molecule has 24 heavy (non-hydrogen) atoms. The van der Waals surface area contributed by atoms with Crippen LogP contribution in [0.5, 0.6) is 0 Å². The standard InChI is InChI=1S/C16H22ClFN4O2/c1-9(12(24-15(20)23)5-6-16(2,3)4)21-14-11(18)7-10(8-19)13(17)22-14/h7,9,12H,5-6H2,1-4H3,(H2,20,23)(H,21,22)/t9-,12+/m1/s1. The Morgan fingerprint density at radius 3 is 2.71 bits per heavy atom. The van der Waals surface area contributed by atoms with Gasteiger partial charge >= 0.3 is 6.09 Å². The number of ether oxygens (including phenoxy) is 1. The van der Waals surface area contributed by atoms with Crippen LogP contribution in [0.25, 0.3) is 0 Å². The molecule has 3 N–H and O–H groups in total. The van der Waals surface area contributed by atoms with Crippen LogP contribution in [-0.2, 0) is 4.74 Å². The van der Waals surface area contributed by atoms with Crippen LogP contribution in [0.2, 0.25) is 5.15 Å². The Balaban J connectivity index is 2.91. The van der Waals surface area contributed by atoms with Crippen LogP contribution < -0.4 is 11.1 Å². The van der Waals surface area contributed by atoms with Crippen LogP contribution in [-0.4, -0.2) is 23.2 Å². The fraction of sp³-hybridized carbons (Fsp3) is 0.562. The molecule has 1 heterocycles. The van der Waals surface area contributed by atoms with Crippen molar-refractivity contribution in [3.8, 4) is 6.07 Å². The summed E-state index contributed by atoms with van der Waals surface area (Å²) < 4.78 is 19.1. The maximum Gasteiger partial charge on any atom is 0.404 e. The summed E-state index contributed by atoms with van der Waals surface area (Å²) in [5.41, 5.74) is 5.11. The van der Waals surface area contributed by atoms with Gasteiger partial charge in [-0.05, 0) is 31.2 Å². The van der Waals surface area contributed by atoms with Crippen molar-refractivity contribution < 1.29 is 13.9 Å². The van der Waals surface area contributed by atoms with E-state index in [2.05, 4.69) is 31.1 Å². The summed E-state index contributed by atoms with van der Waals surface area (Å²) in [6, 6.07) is 2.30. The maximum absolute atomic E-state index is 14.0. The second kappa shape index (κ2) is 8.15. The second-order valence-electron chi connectivity index (χ2n) is 6.78. The number of aromatic nitrogens is 1. The normalized spacial score (nSPS) is 13.7. The average Bonchev–Trinajstić information content (AvgIpc) is 2.45. The minimum Gasteiger partial charge on any atom is -0.444 e. The van der Waals surface area contributed by atoms with E-state index in [0.717, 1.165) is 12.5 Å². The molecule has 0 bridgehead atoms. The Morgan fingerprint density at radius 2 is 2.21 bits per heavy atom. The molecule has 1 rings (SSSR count). The van der Waals surface area contributed by atoms with Crippen LogP contribution >= 0.6 is 11.6 Å². The Kier molecular flexibility index (Phi) is 6.79. The number of halogens is 2. The number of hydrogen-bond acceptors (Lipinski definition) is 5. The first-order valence-electron chi connectivity index (χ1n) is 7.52. The number of carbonyl (C=O) groups excluding carboxylic acids is 1. The van der Waals surface area contributed by atoms with Gasteiger partial charge in [0, 0.05) is 0 Å². The summed E-state index contributed by atoms with van der Waals surface area (Å²) in [5, 5.41) is 11.5. The zero-order chi connectivity index (χ0) is 18.5. The van der Waals surface area contributed by atoms with Gasteiger partial charge in [0.1, 0.15) is 17.3 Å². The third-order valence-corrected chi connectivity index (χ3v) is 3.71. The van der Waals surface area contributed by atoms with E-state index >= 15 is 0 Å². The van der Waals surface area contributed by atoms with E-state index in [4.69, 9.17) is 27.3 Å². The predicted molar refractivity (Wildman–Crippen MR) is 90.2 cm³/mol. The van der Waals surface area contributed by atoms with Crippen LogP contribution in [0.4, 0.5) is 15.0 Å². The topological polar surface area (TPSA) is 101 Å². The zero-order valence-electron chi connectivity index (χ0n) is 14.2. The molecule has 0 spiro atoms. The van der Waals surface area contributed by atoms with Crippen molar-refractivity contribution in [1.82, 2.24) is 4.98 Å². The average molecular weight is 357 g/mol. The molecule has 8 heteroatoms. The number of carbonyl (C=O) groups is 1. The summed E-state index contributed by atoms with van der Waals surface area (Å²) in [5.74, 6) is -0.822. The van der Waals surface area contributed by atoms with Gasteiger partial charge < -0.3 is 15.8 Å². The summed E-state index contributed by atoms with van der Waals surface area (Å²) in [7, 11) is 0. The van der Waals surface area contributed by atoms with Crippen LogP contribution in [0, 0.1) is 22.6 Å². The molecule has 0 radical (unpaired) electrons. The number of nitrogens with zero attached hydrogens (tertiary/aromatic N) is 2. The largest absolute Gasteiger partial charge is 0.444 e. The van der Waals surface area contributed by atoms with E-state index in [1.165, 1.54) is 0 Å². The van der Waals surface area contributed by atoms with Gasteiger partial charge in [0.25, 0.3) is 0 Å². The first kappa shape index (κ1) is 20.0. The van der Waals surface area contributed by atoms with Crippen molar-refractivity contribution >= 4 is 23.5 Å². The molecule has 132 valence electrons. The highest BCUT2D eigenvalue weighted by molar-refractivity contribution is 6.30. The monoisotopic (exact) mass is 356 g/mol. The van der Waals surface area contributed by atoms with E-state index in [1.54, 1.807) is 13.0 Å². The van der Waals surface area contributed by atoms with Gasteiger partial charge in [-0.15, -0.1) is 0 Å². The lowest BCUT2D eigenvalue weighted by Gasteiger charge is -2.28. The van der Waals surface area contributed by atoms with Gasteiger partial charge in [0.05, 0.1) is 11.6 Å². The van der Waals surface area contributed by atoms with Gasteiger partial charge in [-0.25, -0.2) is 14.2 Å². The Bertz CT molecular complexity index is 640. The molecule has 0 aliphatic rings. The molecule has 0 saturated carbocycles. The molecule has 0 unspecified atom stereocenters. The van der Waals surface area contributed by atoms with Gasteiger partial charge in [-0.2, -0.15) is 5.26 Å². The number of hydrogen-bond donors (Lipinski definition) is 2. The van der Waals surface area contributed by atoms with Crippen LogP contribution in [0.15, 0.2) is 6.07 Å². The molecular formula is C16H22ClFN4O2. The quantitative estimate of drug-likeness (QED) is 0.754. The number of nitrogens with one attached hydrogen (secondary N) is 1. The molecular weight excluding hydrogens is 335 g/mol. The summed E-state index contributed by atoms with van der Waals surface area (Å²) in [6.45, 7) is 7.92. The molecule has 0 saturated heterocycles. The fourth-order valence-corrected chi connectivity index (χ4v) is 2.27. The maximum atomic E-state index is 14.0. The van der Waals surface area contributed by atoms with Gasteiger partial charge in [0.15, 0.2) is 11.6 Å². The highest BCUT2D eigenvalue weighted by atomic mass is 35.5. The van der Waals surface area contributed by atoms with E-state index < -0.39 is 24.1 Å². The predicted octanol–water partition coefficient (Wildman–Crippen LogP) is 3.84. The molecule has 1 aromatic heterocycles. The minimum absolute atomic E-state index is 0.0419. The van der Waals surface area contributed by atoms with E-state index in [0.29, 0.717) is 6.42 Å². The van der Waals surface area contributed by atoms with Crippen molar-refractivity contribution in [3.63, 3.8) is 0 Å². The van der Waals surface area contributed by atoms with Gasteiger partial charge in [0.2, 0.25) is 0 Å². The van der Waals surface area contributed by atoms with E-state index in [-0.39, 0.29) is 21.9 Å². The lowest BCUT2D eigenvalue weighted by Crippen LogP contribution is -2.37. The van der Waals surface area contributed by atoms with Crippen molar-refractivity contribution in [2.75, 3.05) is 5.32 Å². The Morgan fingerprint density at radius 1 is 1.58 bits per heavy atom. The van der Waals surface area contributed by atoms with Crippen molar-refractivity contribution in [2.24, 2.45) is 11.1 Å². The van der Waals surface area contributed by atoms with Crippen LogP contribution in [0.1, 0.15) is 46.1 Å². The molecule has 0 aromatic carbocycles. The number of rotatable bonds is 6. The molecule has 2 atom stereocenters. The smallest absolute Gasteiger partial charge is 0.404 e. The lowest BCUT2D eigenvalue weighted by molar-refractivity contribution is 0.0839. The van der Waals surface area contributed by atoms with Crippen molar-refractivity contribution in [1.29, 1.82) is 5.26 Å². The molecule has 0 fully saturated rings. The number of nitrogens with two attached hydrogens (primary N) is 1. The summed E-state index contributed by atoms with van der Waals surface area (Å²) in [4.78, 5) is 15.0. The summed E-state index contributed by atoms with van der Waals surface area (Å²) >= 11 is 5.82. The third kappa shape index (κ3) is 6.20. The van der Waals surface area contributed by atoms with Gasteiger partial charge in [-0.3, -0.25) is 0 Å². The lowest BCUT2D eigenvalue weighted by atomic mass is 9.88. The fourth-order valence-electron chi connectivity index (χ4n) is 2.09. The van der Waals surface area contributed by atoms with E-state index in [9.17, 15) is 9.18 Å². The highest BCUT2D eigenvalue weighted by Gasteiger charge is 2.25. The molecule has 6 nitrogen and oxygen atoms in total. The number of anilines is 1. The Hall–Kier alpha value is -2.07. The SMILES string of the molecule is C[C@@H](Nc1nc(Cl)c(C#N)cc1F)[C@H](CCC(C)(C)C)OC(N)=O.